The molecule has 0 N–H and O–H groups in total. The summed E-state index contributed by atoms with van der Waals surface area (Å²) in [5.41, 5.74) is 0.206. The van der Waals surface area contributed by atoms with E-state index in [1.165, 1.54) is 0 Å². The van der Waals surface area contributed by atoms with E-state index in [4.69, 9.17) is 18.5 Å². The largest absolute Gasteiger partial charge is 0.490 e. The third-order valence-electron chi connectivity index (χ3n) is 1.79. The Bertz CT molecular complexity index is 276. The van der Waals surface area contributed by atoms with E-state index < -0.39 is 7.60 Å². The SMILES string of the molecule is CCOP(=O)(OCC)C1=C(C)OCCO1. The van der Waals surface area contributed by atoms with Crippen molar-refractivity contribution in [3.8, 4) is 0 Å². The summed E-state index contributed by atoms with van der Waals surface area (Å²) in [6.45, 7) is 6.65. The first-order valence-corrected chi connectivity index (χ1v) is 6.54. The monoisotopic (exact) mass is 236 g/mol. The molecule has 15 heavy (non-hydrogen) atoms. The Morgan fingerprint density at radius 3 is 2.20 bits per heavy atom. The first-order valence-electron chi connectivity index (χ1n) is 5.00. The molecule has 0 fully saturated rings. The van der Waals surface area contributed by atoms with Gasteiger partial charge in [0, 0.05) is 0 Å². The molecule has 0 atom stereocenters. The van der Waals surface area contributed by atoms with Gasteiger partial charge in [0.05, 0.1) is 13.2 Å². The number of ether oxygens (including phenoxy) is 2. The molecule has 0 saturated heterocycles. The van der Waals surface area contributed by atoms with Gasteiger partial charge in [0.25, 0.3) is 0 Å². The highest BCUT2D eigenvalue weighted by atomic mass is 31.2. The van der Waals surface area contributed by atoms with E-state index in [9.17, 15) is 4.57 Å². The zero-order chi connectivity index (χ0) is 11.3. The third-order valence-corrected chi connectivity index (χ3v) is 3.93. The van der Waals surface area contributed by atoms with Crippen molar-refractivity contribution in [2.24, 2.45) is 0 Å². The molecule has 0 radical (unpaired) electrons. The van der Waals surface area contributed by atoms with E-state index >= 15 is 0 Å². The molecule has 1 aliphatic heterocycles. The molecule has 5 nitrogen and oxygen atoms in total. The normalized spacial score (nSPS) is 17.3. The van der Waals surface area contributed by atoms with Crippen LogP contribution >= 0.6 is 7.60 Å². The van der Waals surface area contributed by atoms with Gasteiger partial charge in [-0.25, -0.2) is 0 Å². The summed E-state index contributed by atoms with van der Waals surface area (Å²) >= 11 is 0. The summed E-state index contributed by atoms with van der Waals surface area (Å²) in [5.74, 6) is 0.478. The quantitative estimate of drug-likeness (QED) is 0.686. The molecular formula is C9H17O5P. The summed E-state index contributed by atoms with van der Waals surface area (Å²) in [6.07, 6.45) is 0. The molecule has 1 heterocycles. The van der Waals surface area contributed by atoms with E-state index in [0.717, 1.165) is 0 Å². The highest BCUT2D eigenvalue weighted by Gasteiger charge is 2.36. The van der Waals surface area contributed by atoms with Crippen molar-refractivity contribution in [1.29, 1.82) is 0 Å². The molecule has 1 aliphatic rings. The lowest BCUT2D eigenvalue weighted by atomic mass is 10.6. The Morgan fingerprint density at radius 2 is 1.73 bits per heavy atom. The Kier molecular flexibility index (Phi) is 4.64. The zero-order valence-electron chi connectivity index (χ0n) is 9.32. The minimum Gasteiger partial charge on any atom is -0.490 e. The van der Waals surface area contributed by atoms with Crippen LogP contribution in [0.1, 0.15) is 20.8 Å². The maximum atomic E-state index is 12.3. The van der Waals surface area contributed by atoms with Gasteiger partial charge in [0.15, 0.2) is 0 Å². The van der Waals surface area contributed by atoms with Crippen LogP contribution in [0, 0.1) is 0 Å². The molecule has 0 aromatic heterocycles. The topological polar surface area (TPSA) is 54.0 Å². The zero-order valence-corrected chi connectivity index (χ0v) is 10.2. The molecule has 0 bridgehead atoms. The van der Waals surface area contributed by atoms with Crippen LogP contribution in [0.5, 0.6) is 0 Å². The van der Waals surface area contributed by atoms with Gasteiger partial charge in [-0.3, -0.25) is 4.57 Å². The van der Waals surface area contributed by atoms with Gasteiger partial charge in [-0.15, -0.1) is 0 Å². The Balaban J connectivity index is 2.92. The Morgan fingerprint density at radius 1 is 1.20 bits per heavy atom. The molecule has 0 aliphatic carbocycles. The van der Waals surface area contributed by atoms with Gasteiger partial charge in [-0.05, 0) is 20.8 Å². The Labute approximate surface area is 89.9 Å². The fourth-order valence-corrected chi connectivity index (χ4v) is 2.95. The van der Waals surface area contributed by atoms with Gasteiger partial charge in [-0.2, -0.15) is 0 Å². The second-order valence-electron chi connectivity index (χ2n) is 2.89. The highest BCUT2D eigenvalue weighted by Crippen LogP contribution is 2.58. The van der Waals surface area contributed by atoms with Crippen LogP contribution in [0.25, 0.3) is 0 Å². The number of hydrogen-bond acceptors (Lipinski definition) is 5. The summed E-state index contributed by atoms with van der Waals surface area (Å²) in [5, 5.41) is 0. The minimum atomic E-state index is -3.32. The van der Waals surface area contributed by atoms with Crippen molar-refractivity contribution < 1.29 is 23.1 Å². The Hall–Kier alpha value is -0.510. The minimum absolute atomic E-state index is 0.206. The lowest BCUT2D eigenvalue weighted by Gasteiger charge is -2.25. The van der Waals surface area contributed by atoms with Crippen LogP contribution < -0.4 is 0 Å². The van der Waals surface area contributed by atoms with Crippen molar-refractivity contribution in [2.75, 3.05) is 26.4 Å². The van der Waals surface area contributed by atoms with Crippen molar-refractivity contribution in [3.05, 3.63) is 11.3 Å². The fourth-order valence-electron chi connectivity index (χ4n) is 1.26. The second kappa shape index (κ2) is 5.54. The van der Waals surface area contributed by atoms with Crippen molar-refractivity contribution in [3.63, 3.8) is 0 Å². The third kappa shape index (κ3) is 2.97. The first kappa shape index (κ1) is 12.6. The molecule has 6 heteroatoms. The van der Waals surface area contributed by atoms with Crippen LogP contribution in [-0.4, -0.2) is 26.4 Å². The average Bonchev–Trinajstić information content (AvgIpc) is 2.19. The molecule has 88 valence electrons. The van der Waals surface area contributed by atoms with Gasteiger partial charge < -0.3 is 18.5 Å². The van der Waals surface area contributed by atoms with E-state index in [2.05, 4.69) is 0 Å². The maximum Gasteiger partial charge on any atom is 0.399 e. The van der Waals surface area contributed by atoms with Crippen LogP contribution in [0.3, 0.4) is 0 Å². The van der Waals surface area contributed by atoms with E-state index in [1.54, 1.807) is 20.8 Å². The number of allylic oxidation sites excluding steroid dienone is 1. The molecule has 0 spiro atoms. The lowest BCUT2D eigenvalue weighted by Crippen LogP contribution is -2.14. The van der Waals surface area contributed by atoms with Crippen LogP contribution in [-0.2, 0) is 23.1 Å². The standard InChI is InChI=1S/C9H17O5P/c1-4-13-15(10,14-5-2)9-8(3)11-6-7-12-9/h4-7H2,1-3H3. The molecular weight excluding hydrogens is 219 g/mol. The number of rotatable bonds is 5. The van der Waals surface area contributed by atoms with Gasteiger partial charge in [0.2, 0.25) is 5.50 Å². The predicted octanol–water partition coefficient (Wildman–Crippen LogP) is 2.49. The van der Waals surface area contributed by atoms with Crippen molar-refractivity contribution in [1.82, 2.24) is 0 Å². The average molecular weight is 236 g/mol. The lowest BCUT2D eigenvalue weighted by molar-refractivity contribution is 0.0664. The molecule has 0 amide bonds. The fraction of sp³-hybridized carbons (Fsp3) is 0.778. The van der Waals surface area contributed by atoms with E-state index in [1.807, 2.05) is 0 Å². The summed E-state index contributed by atoms with van der Waals surface area (Å²) in [7, 11) is -3.32. The molecule has 0 saturated carbocycles. The van der Waals surface area contributed by atoms with Gasteiger partial charge in [-0.1, -0.05) is 0 Å². The van der Waals surface area contributed by atoms with E-state index in [0.29, 0.717) is 32.2 Å². The van der Waals surface area contributed by atoms with Crippen LogP contribution in [0.15, 0.2) is 11.3 Å². The summed E-state index contributed by atoms with van der Waals surface area (Å²) < 4.78 is 33.1. The van der Waals surface area contributed by atoms with Crippen LogP contribution in [0.4, 0.5) is 0 Å². The smallest absolute Gasteiger partial charge is 0.399 e. The van der Waals surface area contributed by atoms with Crippen molar-refractivity contribution in [2.45, 2.75) is 20.8 Å². The van der Waals surface area contributed by atoms with E-state index in [-0.39, 0.29) is 5.50 Å². The summed E-state index contributed by atoms with van der Waals surface area (Å²) in [4.78, 5) is 0. The maximum absolute atomic E-state index is 12.3. The molecule has 0 aromatic carbocycles. The van der Waals surface area contributed by atoms with Gasteiger partial charge >= 0.3 is 7.60 Å². The van der Waals surface area contributed by atoms with Crippen molar-refractivity contribution >= 4 is 7.60 Å². The number of hydrogen-bond donors (Lipinski definition) is 0. The highest BCUT2D eigenvalue weighted by molar-refractivity contribution is 7.58. The first-order chi connectivity index (χ1) is 7.14. The second-order valence-corrected chi connectivity index (χ2v) is 4.81. The van der Waals surface area contributed by atoms with Gasteiger partial charge in [0.1, 0.15) is 19.0 Å². The predicted molar refractivity (Wildman–Crippen MR) is 55.5 cm³/mol. The molecule has 1 rings (SSSR count). The summed E-state index contributed by atoms with van der Waals surface area (Å²) in [6, 6.07) is 0. The molecule has 0 unspecified atom stereocenters. The molecule has 0 aromatic rings. The van der Waals surface area contributed by atoms with Crippen LogP contribution in [0.2, 0.25) is 0 Å².